The van der Waals surface area contributed by atoms with Gasteiger partial charge in [-0.3, -0.25) is 0 Å². The molecular weight excluding hydrogens is 414 g/mol. The summed E-state index contributed by atoms with van der Waals surface area (Å²) in [7, 11) is 0. The summed E-state index contributed by atoms with van der Waals surface area (Å²) in [5, 5.41) is 2.57. The number of amides is 1. The topological polar surface area (TPSA) is 64.6 Å². The molecule has 0 radical (unpaired) electrons. The van der Waals surface area contributed by atoms with E-state index in [0.717, 1.165) is 12.8 Å². The first-order valence-electron chi connectivity index (χ1n) is 13.7. The number of ether oxygens (including phenoxy) is 2. The summed E-state index contributed by atoms with van der Waals surface area (Å²) in [6.07, 6.45) is 22.3. The number of esters is 1. The van der Waals surface area contributed by atoms with E-state index >= 15 is 0 Å². The number of hydrogen-bond acceptors (Lipinski definition) is 4. The minimum Gasteiger partial charge on any atom is -0.464 e. The lowest BCUT2D eigenvalue weighted by atomic mass is 10.0. The van der Waals surface area contributed by atoms with Crippen LogP contribution in [0.2, 0.25) is 0 Å². The number of hydrogen-bond donors (Lipinski definition) is 1. The molecule has 33 heavy (non-hydrogen) atoms. The van der Waals surface area contributed by atoms with E-state index in [9.17, 15) is 9.59 Å². The van der Waals surface area contributed by atoms with E-state index in [4.69, 9.17) is 9.47 Å². The Morgan fingerprint density at radius 1 is 0.758 bits per heavy atom. The largest absolute Gasteiger partial charge is 0.464 e. The molecule has 5 heteroatoms. The van der Waals surface area contributed by atoms with Gasteiger partial charge in [0.05, 0.1) is 13.2 Å². The third-order valence-electron chi connectivity index (χ3n) is 5.77. The van der Waals surface area contributed by atoms with Gasteiger partial charge in [-0.15, -0.1) is 6.58 Å². The van der Waals surface area contributed by atoms with Gasteiger partial charge in [-0.2, -0.15) is 0 Å². The van der Waals surface area contributed by atoms with E-state index in [0.29, 0.717) is 19.6 Å². The van der Waals surface area contributed by atoms with Crippen LogP contribution in [0, 0.1) is 5.92 Å². The summed E-state index contributed by atoms with van der Waals surface area (Å²) >= 11 is 0. The number of nitrogens with one attached hydrogen (secondary N) is 1. The first-order chi connectivity index (χ1) is 16.0. The number of alkyl carbamates (subject to hydrolysis) is 1. The third-order valence-corrected chi connectivity index (χ3v) is 5.77. The van der Waals surface area contributed by atoms with E-state index in [1.54, 1.807) is 6.08 Å². The Balaban J connectivity index is 3.56. The van der Waals surface area contributed by atoms with Crippen LogP contribution in [0.5, 0.6) is 0 Å². The Morgan fingerprint density at radius 2 is 1.21 bits per heavy atom. The van der Waals surface area contributed by atoms with Gasteiger partial charge in [-0.05, 0) is 18.8 Å². The molecule has 0 saturated heterocycles. The Kier molecular flexibility index (Phi) is 22.5. The molecule has 0 bridgehead atoms. The van der Waals surface area contributed by atoms with Gasteiger partial charge in [0.15, 0.2) is 0 Å². The predicted molar refractivity (Wildman–Crippen MR) is 138 cm³/mol. The zero-order chi connectivity index (χ0) is 24.6. The number of rotatable bonds is 23. The van der Waals surface area contributed by atoms with E-state index < -0.39 is 18.1 Å². The van der Waals surface area contributed by atoms with Crippen LogP contribution in [0.15, 0.2) is 12.7 Å². The van der Waals surface area contributed by atoms with Crippen LogP contribution in [0.4, 0.5) is 4.79 Å². The van der Waals surface area contributed by atoms with Gasteiger partial charge in [-0.1, -0.05) is 123 Å². The van der Waals surface area contributed by atoms with E-state index in [1.807, 2.05) is 13.8 Å². The lowest BCUT2D eigenvalue weighted by molar-refractivity contribution is -0.146. The SMILES string of the molecule is C=CCC(NC(=O)OCC(C)C)C(=O)OCCCCCCCCCCCCCCCCCC. The molecule has 1 unspecified atom stereocenters. The molecule has 1 N–H and O–H groups in total. The summed E-state index contributed by atoms with van der Waals surface area (Å²) in [5.41, 5.74) is 0. The van der Waals surface area contributed by atoms with Crippen molar-refractivity contribution in [1.29, 1.82) is 0 Å². The maximum atomic E-state index is 12.2. The molecule has 5 nitrogen and oxygen atoms in total. The van der Waals surface area contributed by atoms with E-state index in [1.165, 1.54) is 89.9 Å². The van der Waals surface area contributed by atoms with Gasteiger partial charge in [0.1, 0.15) is 6.04 Å². The molecule has 0 aliphatic carbocycles. The molecule has 0 aromatic carbocycles. The van der Waals surface area contributed by atoms with Crippen LogP contribution >= 0.6 is 0 Å². The summed E-state index contributed by atoms with van der Waals surface area (Å²) < 4.78 is 10.4. The molecular formula is C28H53NO4. The summed E-state index contributed by atoms with van der Waals surface area (Å²) in [6, 6.07) is -0.733. The summed E-state index contributed by atoms with van der Waals surface area (Å²) in [4.78, 5) is 24.0. The third kappa shape index (κ3) is 22.1. The minimum absolute atomic E-state index is 0.246. The lowest BCUT2D eigenvalue weighted by Gasteiger charge is -2.16. The van der Waals surface area contributed by atoms with Crippen LogP contribution in [-0.2, 0) is 14.3 Å². The fourth-order valence-corrected chi connectivity index (χ4v) is 3.73. The fraction of sp³-hybridized carbons (Fsp3) is 0.857. The smallest absolute Gasteiger partial charge is 0.407 e. The quantitative estimate of drug-likeness (QED) is 0.0936. The molecule has 0 spiro atoms. The molecule has 0 heterocycles. The van der Waals surface area contributed by atoms with Crippen molar-refractivity contribution in [3.8, 4) is 0 Å². The van der Waals surface area contributed by atoms with Crippen molar-refractivity contribution in [3.05, 3.63) is 12.7 Å². The first-order valence-corrected chi connectivity index (χ1v) is 13.7. The van der Waals surface area contributed by atoms with Crippen LogP contribution < -0.4 is 5.32 Å². The van der Waals surface area contributed by atoms with Crippen LogP contribution in [-0.4, -0.2) is 31.3 Å². The van der Waals surface area contributed by atoms with Crippen molar-refractivity contribution in [2.75, 3.05) is 13.2 Å². The Morgan fingerprint density at radius 3 is 1.64 bits per heavy atom. The van der Waals surface area contributed by atoms with Crippen molar-refractivity contribution >= 4 is 12.1 Å². The van der Waals surface area contributed by atoms with Gasteiger partial charge in [0, 0.05) is 0 Å². The fourth-order valence-electron chi connectivity index (χ4n) is 3.73. The second-order valence-electron chi connectivity index (χ2n) is 9.68. The summed E-state index contributed by atoms with van der Waals surface area (Å²) in [5.74, 6) is -0.173. The number of unbranched alkanes of at least 4 members (excludes halogenated alkanes) is 15. The molecule has 0 aliphatic rings. The zero-order valence-electron chi connectivity index (χ0n) is 22.0. The number of carbonyl (C=O) groups is 2. The molecule has 0 aliphatic heterocycles. The average molecular weight is 468 g/mol. The minimum atomic E-state index is -0.733. The standard InChI is InChI=1S/C28H53NO4/c1-5-7-8-9-10-11-12-13-14-15-16-17-18-19-20-21-23-32-27(30)26(22-6-2)29-28(31)33-24-25(3)4/h6,25-26H,2,5,7-24H2,1,3-4H3,(H,29,31). The second-order valence-corrected chi connectivity index (χ2v) is 9.68. The molecule has 1 amide bonds. The maximum absolute atomic E-state index is 12.2. The molecule has 0 fully saturated rings. The maximum Gasteiger partial charge on any atom is 0.407 e. The molecule has 1 atom stereocenters. The van der Waals surface area contributed by atoms with E-state index in [2.05, 4.69) is 18.8 Å². The molecule has 0 aromatic rings. The molecule has 0 saturated carbocycles. The highest BCUT2D eigenvalue weighted by Gasteiger charge is 2.21. The highest BCUT2D eigenvalue weighted by Crippen LogP contribution is 2.13. The Hall–Kier alpha value is -1.52. The monoisotopic (exact) mass is 467 g/mol. The highest BCUT2D eigenvalue weighted by atomic mass is 16.6. The highest BCUT2D eigenvalue weighted by molar-refractivity contribution is 5.81. The zero-order valence-corrected chi connectivity index (χ0v) is 22.0. The molecule has 0 aromatic heterocycles. The average Bonchev–Trinajstić information content (AvgIpc) is 2.79. The van der Waals surface area contributed by atoms with E-state index in [-0.39, 0.29) is 5.92 Å². The van der Waals surface area contributed by atoms with Crippen LogP contribution in [0.1, 0.15) is 130 Å². The van der Waals surface area contributed by atoms with Crippen LogP contribution in [0.3, 0.4) is 0 Å². The van der Waals surface area contributed by atoms with Crippen molar-refractivity contribution in [2.45, 2.75) is 136 Å². The van der Waals surface area contributed by atoms with Crippen molar-refractivity contribution < 1.29 is 19.1 Å². The van der Waals surface area contributed by atoms with Gasteiger partial charge >= 0.3 is 12.1 Å². The Bertz CT molecular complexity index is 479. The van der Waals surface area contributed by atoms with Crippen LogP contribution in [0.25, 0.3) is 0 Å². The number of carbonyl (C=O) groups excluding carboxylic acids is 2. The van der Waals surface area contributed by atoms with Gasteiger partial charge in [0.2, 0.25) is 0 Å². The Labute approximate surface area is 204 Å². The van der Waals surface area contributed by atoms with Gasteiger partial charge < -0.3 is 14.8 Å². The normalized spacial score (nSPS) is 11.9. The lowest BCUT2D eigenvalue weighted by Crippen LogP contribution is -2.42. The molecule has 0 rings (SSSR count). The first kappa shape index (κ1) is 31.5. The van der Waals surface area contributed by atoms with Gasteiger partial charge in [0.25, 0.3) is 0 Å². The molecule has 194 valence electrons. The van der Waals surface area contributed by atoms with Gasteiger partial charge in [-0.25, -0.2) is 9.59 Å². The summed E-state index contributed by atoms with van der Waals surface area (Å²) in [6.45, 7) is 10.6. The second kappa shape index (κ2) is 23.6. The van der Waals surface area contributed by atoms with Crippen molar-refractivity contribution in [3.63, 3.8) is 0 Å². The predicted octanol–water partition coefficient (Wildman–Crippen LogP) is 8.12. The van der Waals surface area contributed by atoms with Crippen molar-refractivity contribution in [2.24, 2.45) is 5.92 Å². The van der Waals surface area contributed by atoms with Crippen molar-refractivity contribution in [1.82, 2.24) is 5.32 Å².